The monoisotopic (exact) mass is 366 g/mol. The molecule has 6 heteroatoms. The Balaban J connectivity index is 1.92. The van der Waals surface area contributed by atoms with Gasteiger partial charge in [-0.25, -0.2) is 9.37 Å². The largest absolute Gasteiger partial charge is 0.382 e. The van der Waals surface area contributed by atoms with Gasteiger partial charge in [-0.15, -0.1) is 0 Å². The van der Waals surface area contributed by atoms with E-state index in [1.165, 1.54) is 18.5 Å². The van der Waals surface area contributed by atoms with Gasteiger partial charge in [-0.2, -0.15) is 0 Å². The summed E-state index contributed by atoms with van der Waals surface area (Å²) in [5.41, 5.74) is 7.93. The zero-order valence-corrected chi connectivity index (χ0v) is 15.7. The van der Waals surface area contributed by atoms with Gasteiger partial charge in [-0.1, -0.05) is 18.2 Å². The van der Waals surface area contributed by atoms with Crippen molar-refractivity contribution in [3.63, 3.8) is 0 Å². The Hall–Kier alpha value is -3.02. The number of aromatic nitrogens is 2. The molecule has 3 N–H and O–H groups in total. The van der Waals surface area contributed by atoms with Crippen LogP contribution in [-0.4, -0.2) is 21.4 Å². The second-order valence-electron chi connectivity index (χ2n) is 7.54. The molecule has 5 nitrogen and oxygen atoms in total. The molecule has 0 saturated carbocycles. The van der Waals surface area contributed by atoms with Crippen LogP contribution < -0.4 is 11.1 Å². The lowest BCUT2D eigenvalue weighted by molar-refractivity contribution is -0.118. The zero-order valence-electron chi connectivity index (χ0n) is 15.7. The second-order valence-corrected chi connectivity index (χ2v) is 7.54. The molecular formula is C21H23FN4O. The van der Waals surface area contributed by atoms with Crippen molar-refractivity contribution in [2.24, 2.45) is 0 Å². The van der Waals surface area contributed by atoms with E-state index in [-0.39, 0.29) is 17.3 Å². The van der Waals surface area contributed by atoms with Gasteiger partial charge in [-0.05, 0) is 56.9 Å². The van der Waals surface area contributed by atoms with Crippen molar-refractivity contribution in [3.8, 4) is 11.3 Å². The maximum atomic E-state index is 14.7. The van der Waals surface area contributed by atoms with Crippen molar-refractivity contribution < 1.29 is 9.18 Å². The fraction of sp³-hybridized carbons (Fsp3) is 0.286. The summed E-state index contributed by atoms with van der Waals surface area (Å²) in [5, 5.41) is 2.97. The van der Waals surface area contributed by atoms with E-state index in [2.05, 4.69) is 15.3 Å². The number of hydrogen-bond donors (Lipinski definition) is 2. The number of anilines is 1. The lowest BCUT2D eigenvalue weighted by atomic mass is 9.90. The first-order chi connectivity index (χ1) is 12.7. The third kappa shape index (κ3) is 4.39. The van der Waals surface area contributed by atoms with E-state index in [0.29, 0.717) is 22.4 Å². The number of halogens is 1. The van der Waals surface area contributed by atoms with E-state index in [0.717, 1.165) is 18.4 Å². The Labute approximate surface area is 158 Å². The number of nitrogens with one attached hydrogen (secondary N) is 1. The molecule has 1 aromatic carbocycles. The van der Waals surface area contributed by atoms with Gasteiger partial charge in [0, 0.05) is 16.7 Å². The summed E-state index contributed by atoms with van der Waals surface area (Å²) in [5.74, 6) is -0.293. The molecule has 1 aliphatic rings. The standard InChI is InChI=1S/C21H23FN4O/c1-21(2,3)26-20(27)15-7-5-4-6-14(15)13-8-9-16(17(22)10-13)18-11-25-19(23)12-24-18/h6-12H,4-5H2,1-3H3,(H2,23,25)(H,26,27). The summed E-state index contributed by atoms with van der Waals surface area (Å²) in [7, 11) is 0. The van der Waals surface area contributed by atoms with E-state index < -0.39 is 5.82 Å². The van der Waals surface area contributed by atoms with Gasteiger partial charge in [0.05, 0.1) is 18.1 Å². The zero-order chi connectivity index (χ0) is 19.6. The predicted octanol–water partition coefficient (Wildman–Crippen LogP) is 3.88. The molecule has 2 aromatic rings. The maximum absolute atomic E-state index is 14.7. The van der Waals surface area contributed by atoms with Crippen molar-refractivity contribution in [3.05, 3.63) is 59.7 Å². The molecule has 0 spiro atoms. The highest BCUT2D eigenvalue weighted by atomic mass is 19.1. The molecule has 3 rings (SSSR count). The van der Waals surface area contributed by atoms with Crippen molar-refractivity contribution in [2.75, 3.05) is 5.73 Å². The van der Waals surface area contributed by atoms with Crippen molar-refractivity contribution in [1.82, 2.24) is 15.3 Å². The Morgan fingerprint density at radius 2 is 1.89 bits per heavy atom. The molecule has 0 atom stereocenters. The molecule has 0 fully saturated rings. The number of rotatable bonds is 3. The molecule has 1 amide bonds. The first kappa shape index (κ1) is 18.8. The highest BCUT2D eigenvalue weighted by Gasteiger charge is 2.23. The van der Waals surface area contributed by atoms with Gasteiger partial charge in [0.1, 0.15) is 11.6 Å². The van der Waals surface area contributed by atoms with Gasteiger partial charge in [0.25, 0.3) is 5.91 Å². The van der Waals surface area contributed by atoms with Crippen molar-refractivity contribution in [2.45, 2.75) is 39.2 Å². The Kier molecular flexibility index (Phi) is 5.08. The lowest BCUT2D eigenvalue weighted by Gasteiger charge is -2.24. The maximum Gasteiger partial charge on any atom is 0.251 e. The smallest absolute Gasteiger partial charge is 0.251 e. The highest BCUT2D eigenvalue weighted by molar-refractivity contribution is 6.09. The topological polar surface area (TPSA) is 80.9 Å². The summed E-state index contributed by atoms with van der Waals surface area (Å²) in [4.78, 5) is 20.7. The predicted molar refractivity (Wildman–Crippen MR) is 105 cm³/mol. The van der Waals surface area contributed by atoms with E-state index >= 15 is 0 Å². The van der Waals surface area contributed by atoms with Crippen LogP contribution in [0.25, 0.3) is 16.8 Å². The highest BCUT2D eigenvalue weighted by Crippen LogP contribution is 2.31. The number of benzene rings is 1. The van der Waals surface area contributed by atoms with Gasteiger partial charge in [-0.3, -0.25) is 9.78 Å². The number of allylic oxidation sites excluding steroid dienone is 2. The van der Waals surface area contributed by atoms with Gasteiger partial charge >= 0.3 is 0 Å². The summed E-state index contributed by atoms with van der Waals surface area (Å²) in [6.45, 7) is 5.79. The van der Waals surface area contributed by atoms with Crippen LogP contribution in [0.5, 0.6) is 0 Å². The normalized spacial score (nSPS) is 14.4. The number of nitrogen functional groups attached to an aromatic ring is 1. The quantitative estimate of drug-likeness (QED) is 0.864. The van der Waals surface area contributed by atoms with Crippen LogP contribution in [0, 0.1) is 5.82 Å². The molecule has 0 radical (unpaired) electrons. The molecule has 1 heterocycles. The molecule has 140 valence electrons. The van der Waals surface area contributed by atoms with Crippen LogP contribution >= 0.6 is 0 Å². The summed E-state index contributed by atoms with van der Waals surface area (Å²) < 4.78 is 14.7. The lowest BCUT2D eigenvalue weighted by Crippen LogP contribution is -2.41. The van der Waals surface area contributed by atoms with Gasteiger partial charge in [0.15, 0.2) is 0 Å². The number of carbonyl (C=O) groups is 1. The first-order valence-electron chi connectivity index (χ1n) is 8.85. The fourth-order valence-electron chi connectivity index (χ4n) is 2.94. The number of nitrogens with zero attached hydrogens (tertiary/aromatic N) is 2. The van der Waals surface area contributed by atoms with E-state index in [1.807, 2.05) is 32.9 Å². The summed E-state index contributed by atoms with van der Waals surface area (Å²) in [6.07, 6.45) is 8.33. The molecule has 1 aliphatic carbocycles. The summed E-state index contributed by atoms with van der Waals surface area (Å²) in [6, 6.07) is 4.88. The van der Waals surface area contributed by atoms with Gasteiger partial charge < -0.3 is 11.1 Å². The minimum Gasteiger partial charge on any atom is -0.382 e. The minimum absolute atomic E-state index is 0.151. The molecule has 1 aromatic heterocycles. The molecular weight excluding hydrogens is 343 g/mol. The summed E-state index contributed by atoms with van der Waals surface area (Å²) >= 11 is 0. The van der Waals surface area contributed by atoms with Crippen LogP contribution in [0.2, 0.25) is 0 Å². The van der Waals surface area contributed by atoms with E-state index in [4.69, 9.17) is 5.73 Å². The third-order valence-corrected chi connectivity index (χ3v) is 4.11. The second kappa shape index (κ2) is 7.31. The molecule has 0 unspecified atom stereocenters. The molecule has 0 saturated heterocycles. The average molecular weight is 366 g/mol. The number of carbonyl (C=O) groups excluding carboxylic acids is 1. The fourth-order valence-corrected chi connectivity index (χ4v) is 2.94. The number of amides is 1. The first-order valence-corrected chi connectivity index (χ1v) is 8.85. The number of hydrogen-bond acceptors (Lipinski definition) is 4. The minimum atomic E-state index is -0.423. The van der Waals surface area contributed by atoms with Crippen LogP contribution in [0.4, 0.5) is 10.2 Å². The SMILES string of the molecule is CC(C)(C)NC(=O)C1=CCCC=C1c1ccc(-c2cnc(N)cn2)c(F)c1. The Morgan fingerprint density at radius 1 is 1.15 bits per heavy atom. The van der Waals surface area contributed by atoms with Crippen molar-refractivity contribution >= 4 is 17.3 Å². The van der Waals surface area contributed by atoms with E-state index in [1.54, 1.807) is 12.1 Å². The number of nitrogens with two attached hydrogens (primary N) is 1. The average Bonchev–Trinajstić information content (AvgIpc) is 2.61. The Morgan fingerprint density at radius 3 is 2.52 bits per heavy atom. The van der Waals surface area contributed by atoms with Crippen LogP contribution in [0.15, 0.2) is 48.3 Å². The van der Waals surface area contributed by atoms with E-state index in [9.17, 15) is 9.18 Å². The molecule has 0 aliphatic heterocycles. The third-order valence-electron chi connectivity index (χ3n) is 4.11. The molecule has 27 heavy (non-hydrogen) atoms. The van der Waals surface area contributed by atoms with Crippen LogP contribution in [0.3, 0.4) is 0 Å². The van der Waals surface area contributed by atoms with Gasteiger partial charge in [0.2, 0.25) is 0 Å². The van der Waals surface area contributed by atoms with Crippen LogP contribution in [0.1, 0.15) is 39.2 Å². The van der Waals surface area contributed by atoms with Crippen molar-refractivity contribution in [1.29, 1.82) is 0 Å². The molecule has 0 bridgehead atoms. The van der Waals surface area contributed by atoms with Crippen LogP contribution in [-0.2, 0) is 4.79 Å². The Bertz CT molecular complexity index is 924.